The Bertz CT molecular complexity index is 414. The first-order valence-corrected chi connectivity index (χ1v) is 5.60. The smallest absolute Gasteiger partial charge is 0.339 e. The number of hydrogen-bond donors (Lipinski definition) is 1. The minimum atomic E-state index is -1.43. The second kappa shape index (κ2) is 6.26. The summed E-state index contributed by atoms with van der Waals surface area (Å²) in [6.45, 7) is 3.71. The molecule has 0 bridgehead atoms. The van der Waals surface area contributed by atoms with Crippen LogP contribution in [-0.2, 0) is 9.53 Å². The summed E-state index contributed by atoms with van der Waals surface area (Å²) in [5, 5.41) is 9.96. The molecule has 1 atom stereocenters. The highest BCUT2D eigenvalue weighted by atomic mass is 16.5. The Kier molecular flexibility index (Phi) is 4.97. The number of esters is 1. The van der Waals surface area contributed by atoms with Crippen LogP contribution in [0.15, 0.2) is 18.2 Å². The highest BCUT2D eigenvalue weighted by Crippen LogP contribution is 2.35. The molecule has 0 aromatic heterocycles. The summed E-state index contributed by atoms with van der Waals surface area (Å²) in [5.41, 5.74) is 0.278. The Hall–Kier alpha value is -1.75. The molecule has 0 radical (unpaired) electrons. The molecule has 5 heteroatoms. The molecule has 1 aromatic rings. The number of carbonyl (C=O) groups is 1. The maximum atomic E-state index is 11.4. The number of carbonyl (C=O) groups excluding carboxylic acids is 1. The van der Waals surface area contributed by atoms with Crippen LogP contribution in [-0.4, -0.2) is 31.4 Å². The molecule has 5 nitrogen and oxygen atoms in total. The van der Waals surface area contributed by atoms with Gasteiger partial charge in [0.25, 0.3) is 0 Å². The Labute approximate surface area is 106 Å². The van der Waals surface area contributed by atoms with Crippen LogP contribution in [0, 0.1) is 0 Å². The molecular formula is C13H18O5. The zero-order valence-corrected chi connectivity index (χ0v) is 11.0. The highest BCUT2D eigenvalue weighted by molar-refractivity contribution is 5.78. The molecule has 0 saturated carbocycles. The lowest BCUT2D eigenvalue weighted by Crippen LogP contribution is -2.17. The van der Waals surface area contributed by atoms with E-state index in [1.165, 1.54) is 14.2 Å². The van der Waals surface area contributed by atoms with Crippen LogP contribution >= 0.6 is 0 Å². The first-order valence-electron chi connectivity index (χ1n) is 5.60. The van der Waals surface area contributed by atoms with E-state index in [0.29, 0.717) is 11.5 Å². The number of aliphatic hydroxyl groups is 1. The second-order valence-electron chi connectivity index (χ2n) is 3.96. The van der Waals surface area contributed by atoms with Crippen molar-refractivity contribution in [3.05, 3.63) is 23.8 Å². The molecule has 100 valence electrons. The van der Waals surface area contributed by atoms with Gasteiger partial charge in [0.05, 0.1) is 25.9 Å². The van der Waals surface area contributed by atoms with Gasteiger partial charge in [-0.3, -0.25) is 0 Å². The van der Waals surface area contributed by atoms with Gasteiger partial charge in [-0.15, -0.1) is 0 Å². The summed E-state index contributed by atoms with van der Waals surface area (Å²) in [7, 11) is 2.67. The van der Waals surface area contributed by atoms with Crippen LogP contribution in [0.3, 0.4) is 0 Å². The predicted molar refractivity (Wildman–Crippen MR) is 65.7 cm³/mol. The van der Waals surface area contributed by atoms with Crippen molar-refractivity contribution in [2.24, 2.45) is 0 Å². The van der Waals surface area contributed by atoms with Gasteiger partial charge in [0.15, 0.2) is 6.10 Å². The van der Waals surface area contributed by atoms with Gasteiger partial charge in [0, 0.05) is 0 Å². The van der Waals surface area contributed by atoms with E-state index in [0.717, 1.165) is 0 Å². The van der Waals surface area contributed by atoms with E-state index in [1.54, 1.807) is 18.2 Å². The quantitative estimate of drug-likeness (QED) is 0.810. The largest absolute Gasteiger partial charge is 0.496 e. The van der Waals surface area contributed by atoms with E-state index >= 15 is 0 Å². The topological polar surface area (TPSA) is 65.0 Å². The normalized spacial score (nSPS) is 12.1. The zero-order valence-electron chi connectivity index (χ0n) is 11.0. The van der Waals surface area contributed by atoms with Crippen molar-refractivity contribution in [1.29, 1.82) is 0 Å². The molecule has 0 aliphatic heterocycles. The standard InChI is InChI=1S/C13H18O5/c1-8(2)18-10-7-5-6-9(16-3)11(10)12(14)13(15)17-4/h5-8,12,14H,1-4H3. The zero-order chi connectivity index (χ0) is 13.7. The Morgan fingerprint density at radius 3 is 2.33 bits per heavy atom. The van der Waals surface area contributed by atoms with Crippen LogP contribution < -0.4 is 9.47 Å². The van der Waals surface area contributed by atoms with Crippen molar-refractivity contribution in [1.82, 2.24) is 0 Å². The number of hydrogen-bond acceptors (Lipinski definition) is 5. The molecule has 0 aliphatic carbocycles. The fourth-order valence-electron chi connectivity index (χ4n) is 1.56. The van der Waals surface area contributed by atoms with E-state index in [-0.39, 0.29) is 11.7 Å². The number of ether oxygens (including phenoxy) is 3. The SMILES string of the molecule is COC(=O)C(O)c1c(OC)cccc1OC(C)C. The molecule has 0 fully saturated rings. The number of aliphatic hydroxyl groups excluding tert-OH is 1. The van der Waals surface area contributed by atoms with Crippen LogP contribution in [0.2, 0.25) is 0 Å². The van der Waals surface area contributed by atoms with Crippen molar-refractivity contribution in [3.63, 3.8) is 0 Å². The van der Waals surface area contributed by atoms with Gasteiger partial charge in [-0.05, 0) is 26.0 Å². The molecule has 1 rings (SSSR count). The molecule has 1 unspecified atom stereocenters. The average Bonchev–Trinajstić information content (AvgIpc) is 2.35. The van der Waals surface area contributed by atoms with Gasteiger partial charge in [-0.2, -0.15) is 0 Å². The summed E-state index contributed by atoms with van der Waals surface area (Å²) >= 11 is 0. The molecule has 0 spiro atoms. The molecule has 0 saturated heterocycles. The van der Waals surface area contributed by atoms with E-state index < -0.39 is 12.1 Å². The van der Waals surface area contributed by atoms with E-state index in [9.17, 15) is 9.90 Å². The van der Waals surface area contributed by atoms with Crippen LogP contribution in [0.25, 0.3) is 0 Å². The maximum Gasteiger partial charge on any atom is 0.339 e. The number of rotatable bonds is 5. The van der Waals surface area contributed by atoms with Gasteiger partial charge in [-0.25, -0.2) is 4.79 Å². The van der Waals surface area contributed by atoms with Crippen molar-refractivity contribution in [2.45, 2.75) is 26.1 Å². The van der Waals surface area contributed by atoms with Crippen molar-refractivity contribution in [3.8, 4) is 11.5 Å². The second-order valence-corrected chi connectivity index (χ2v) is 3.96. The van der Waals surface area contributed by atoms with Gasteiger partial charge in [0.1, 0.15) is 11.5 Å². The third-order valence-electron chi connectivity index (χ3n) is 2.31. The Balaban J connectivity index is 3.22. The van der Waals surface area contributed by atoms with Gasteiger partial charge in [0.2, 0.25) is 0 Å². The third kappa shape index (κ3) is 3.13. The summed E-state index contributed by atoms with van der Waals surface area (Å²) in [4.78, 5) is 11.4. The van der Waals surface area contributed by atoms with E-state index in [2.05, 4.69) is 4.74 Å². The summed E-state index contributed by atoms with van der Waals surface area (Å²) in [6.07, 6.45) is -1.51. The first-order chi connectivity index (χ1) is 8.51. The van der Waals surface area contributed by atoms with Gasteiger partial charge >= 0.3 is 5.97 Å². The molecule has 0 heterocycles. The van der Waals surface area contributed by atoms with E-state index in [4.69, 9.17) is 9.47 Å². The molecule has 1 aromatic carbocycles. The minimum absolute atomic E-state index is 0.0827. The Morgan fingerprint density at radius 2 is 1.83 bits per heavy atom. The van der Waals surface area contributed by atoms with Gasteiger partial charge in [-0.1, -0.05) is 6.07 Å². The molecule has 1 N–H and O–H groups in total. The van der Waals surface area contributed by atoms with Gasteiger partial charge < -0.3 is 19.3 Å². The fourth-order valence-corrected chi connectivity index (χ4v) is 1.56. The van der Waals surface area contributed by atoms with Crippen molar-refractivity contribution in [2.75, 3.05) is 14.2 Å². The van der Waals surface area contributed by atoms with Crippen LogP contribution in [0.4, 0.5) is 0 Å². The summed E-state index contributed by atoms with van der Waals surface area (Å²) in [6, 6.07) is 5.04. The molecule has 18 heavy (non-hydrogen) atoms. The first kappa shape index (κ1) is 14.3. The minimum Gasteiger partial charge on any atom is -0.496 e. The fraction of sp³-hybridized carbons (Fsp3) is 0.462. The molecule has 0 amide bonds. The van der Waals surface area contributed by atoms with Crippen LogP contribution in [0.1, 0.15) is 25.5 Å². The monoisotopic (exact) mass is 254 g/mol. The lowest BCUT2D eigenvalue weighted by molar-refractivity contribution is -0.150. The van der Waals surface area contributed by atoms with Crippen molar-refractivity contribution >= 4 is 5.97 Å². The summed E-state index contributed by atoms with van der Waals surface area (Å²) < 4.78 is 15.2. The van der Waals surface area contributed by atoms with E-state index in [1.807, 2.05) is 13.8 Å². The maximum absolute atomic E-state index is 11.4. The lowest BCUT2D eigenvalue weighted by atomic mass is 10.1. The molecular weight excluding hydrogens is 236 g/mol. The third-order valence-corrected chi connectivity index (χ3v) is 2.31. The average molecular weight is 254 g/mol. The predicted octanol–water partition coefficient (Wildman–Crippen LogP) is 1.69. The number of benzene rings is 1. The number of methoxy groups -OCH3 is 2. The Morgan fingerprint density at radius 1 is 1.22 bits per heavy atom. The molecule has 0 aliphatic rings. The van der Waals surface area contributed by atoms with Crippen molar-refractivity contribution < 1.29 is 24.1 Å². The van der Waals surface area contributed by atoms with Crippen LogP contribution in [0.5, 0.6) is 11.5 Å². The highest BCUT2D eigenvalue weighted by Gasteiger charge is 2.26. The lowest BCUT2D eigenvalue weighted by Gasteiger charge is -2.19. The summed E-state index contributed by atoms with van der Waals surface area (Å²) in [5.74, 6) is 0.0291.